The van der Waals surface area contributed by atoms with Gasteiger partial charge in [0.1, 0.15) is 22.9 Å². The first-order valence-electron chi connectivity index (χ1n) is 8.99. The molecule has 2 heterocycles. The molecule has 1 aliphatic heterocycles. The van der Waals surface area contributed by atoms with Gasteiger partial charge in [-0.15, -0.1) is 0 Å². The quantitative estimate of drug-likeness (QED) is 0.836. The third-order valence-electron chi connectivity index (χ3n) is 5.16. The fraction of sp³-hybridized carbons (Fsp3) is 0.350. The van der Waals surface area contributed by atoms with E-state index in [0.717, 1.165) is 23.3 Å². The minimum absolute atomic E-state index is 0.230. The van der Waals surface area contributed by atoms with Crippen LogP contribution in [-0.4, -0.2) is 29.6 Å². The number of benzene rings is 1. The summed E-state index contributed by atoms with van der Waals surface area (Å²) in [5.41, 5.74) is 0.229. The number of hydrogen-bond donors (Lipinski definition) is 1. The van der Waals surface area contributed by atoms with Gasteiger partial charge in [0, 0.05) is 12.1 Å². The molecule has 27 heavy (non-hydrogen) atoms. The third-order valence-corrected chi connectivity index (χ3v) is 5.16. The molecule has 1 saturated carbocycles. The Morgan fingerprint density at radius 2 is 1.93 bits per heavy atom. The van der Waals surface area contributed by atoms with Crippen molar-refractivity contribution in [3.8, 4) is 17.4 Å². The zero-order valence-electron chi connectivity index (χ0n) is 15.3. The Bertz CT molecular complexity index is 906. The molecule has 3 amide bonds. The smallest absolute Gasteiger partial charge is 0.330 e. The van der Waals surface area contributed by atoms with Gasteiger partial charge in [0.05, 0.1) is 7.11 Å². The van der Waals surface area contributed by atoms with Crippen LogP contribution in [0.3, 0.4) is 0 Å². The normalized spacial score (nSPS) is 18.1. The summed E-state index contributed by atoms with van der Waals surface area (Å²) in [7, 11) is 1.60. The molecule has 2 fully saturated rings. The number of ether oxygens (including phenoxy) is 2. The molecule has 1 aromatic heterocycles. The van der Waals surface area contributed by atoms with Crippen molar-refractivity contribution in [1.29, 1.82) is 0 Å². The molecule has 1 N–H and O–H groups in total. The molecule has 140 valence electrons. The van der Waals surface area contributed by atoms with Gasteiger partial charge in [-0.1, -0.05) is 25.0 Å². The fourth-order valence-corrected chi connectivity index (χ4v) is 3.72. The molecule has 0 bridgehead atoms. The fourth-order valence-electron chi connectivity index (χ4n) is 3.72. The number of methoxy groups -OCH3 is 1. The number of hydrogen-bond acceptors (Lipinski definition) is 5. The van der Waals surface area contributed by atoms with Crippen LogP contribution in [0.15, 0.2) is 36.4 Å². The van der Waals surface area contributed by atoms with Crippen LogP contribution in [0.2, 0.25) is 0 Å². The average Bonchev–Trinajstić information content (AvgIpc) is 3.22. The van der Waals surface area contributed by atoms with Crippen LogP contribution < -0.4 is 19.7 Å². The maximum atomic E-state index is 12.9. The van der Waals surface area contributed by atoms with Crippen molar-refractivity contribution in [2.75, 3.05) is 12.0 Å². The Morgan fingerprint density at radius 1 is 1.15 bits per heavy atom. The highest BCUT2D eigenvalue weighted by Crippen LogP contribution is 2.37. The van der Waals surface area contributed by atoms with Crippen LogP contribution in [0.4, 0.5) is 10.6 Å². The highest BCUT2D eigenvalue weighted by Gasteiger charge is 2.53. The van der Waals surface area contributed by atoms with E-state index in [1.807, 2.05) is 19.1 Å². The van der Waals surface area contributed by atoms with Gasteiger partial charge in [-0.2, -0.15) is 4.98 Å². The summed E-state index contributed by atoms with van der Waals surface area (Å²) < 4.78 is 11.1. The second-order valence-electron chi connectivity index (χ2n) is 6.93. The molecule has 0 atom stereocenters. The minimum atomic E-state index is -0.764. The van der Waals surface area contributed by atoms with Crippen molar-refractivity contribution >= 4 is 17.8 Å². The maximum Gasteiger partial charge on any atom is 0.330 e. The van der Waals surface area contributed by atoms with Gasteiger partial charge in [0.15, 0.2) is 0 Å². The summed E-state index contributed by atoms with van der Waals surface area (Å²) in [6.07, 6.45) is 3.22. The molecule has 7 nitrogen and oxygen atoms in total. The summed E-state index contributed by atoms with van der Waals surface area (Å²) >= 11 is 0. The van der Waals surface area contributed by atoms with Gasteiger partial charge >= 0.3 is 6.03 Å². The monoisotopic (exact) mass is 367 g/mol. The number of rotatable bonds is 4. The van der Waals surface area contributed by atoms with Crippen LogP contribution in [0.5, 0.6) is 17.4 Å². The SMILES string of the molecule is COc1cc(Oc2cccc(N3C(=O)NC4(CCCC4)C3=O)n2)ccc1C. The molecule has 1 saturated heterocycles. The van der Waals surface area contributed by atoms with E-state index < -0.39 is 11.6 Å². The van der Waals surface area contributed by atoms with Crippen LogP contribution in [0.1, 0.15) is 31.2 Å². The Labute approximate surface area is 157 Å². The van der Waals surface area contributed by atoms with Crippen molar-refractivity contribution in [2.24, 2.45) is 0 Å². The van der Waals surface area contributed by atoms with Crippen molar-refractivity contribution < 1.29 is 19.1 Å². The zero-order valence-corrected chi connectivity index (χ0v) is 15.3. The Kier molecular flexibility index (Phi) is 4.22. The lowest BCUT2D eigenvalue weighted by atomic mass is 9.98. The lowest BCUT2D eigenvalue weighted by Crippen LogP contribution is -2.44. The summed E-state index contributed by atoms with van der Waals surface area (Å²) in [5, 5.41) is 2.86. The van der Waals surface area contributed by atoms with Gasteiger partial charge in [-0.25, -0.2) is 9.69 Å². The van der Waals surface area contributed by atoms with Crippen LogP contribution >= 0.6 is 0 Å². The predicted octanol–water partition coefficient (Wildman–Crippen LogP) is 3.56. The lowest BCUT2D eigenvalue weighted by molar-refractivity contribution is -0.121. The average molecular weight is 367 g/mol. The van der Waals surface area contributed by atoms with E-state index in [9.17, 15) is 9.59 Å². The highest BCUT2D eigenvalue weighted by atomic mass is 16.5. The van der Waals surface area contributed by atoms with Crippen LogP contribution in [0, 0.1) is 6.92 Å². The van der Waals surface area contributed by atoms with E-state index in [1.54, 1.807) is 31.4 Å². The molecule has 0 unspecified atom stereocenters. The van der Waals surface area contributed by atoms with Gasteiger partial charge in [0.2, 0.25) is 5.88 Å². The molecule has 4 rings (SSSR count). The minimum Gasteiger partial charge on any atom is -0.496 e. The molecule has 1 aromatic carbocycles. The number of aryl methyl sites for hydroxylation is 1. The van der Waals surface area contributed by atoms with E-state index in [1.165, 1.54) is 0 Å². The molecule has 2 aromatic rings. The second kappa shape index (κ2) is 6.57. The van der Waals surface area contributed by atoms with Crippen LogP contribution in [0.25, 0.3) is 0 Å². The first kappa shape index (κ1) is 17.3. The molecule has 1 spiro atoms. The molecule has 1 aliphatic carbocycles. The van der Waals surface area contributed by atoms with Gasteiger partial charge in [-0.3, -0.25) is 4.79 Å². The highest BCUT2D eigenvalue weighted by molar-refractivity contribution is 6.23. The van der Waals surface area contributed by atoms with E-state index in [-0.39, 0.29) is 11.7 Å². The maximum absolute atomic E-state index is 12.9. The number of aromatic nitrogens is 1. The van der Waals surface area contributed by atoms with Crippen molar-refractivity contribution in [3.05, 3.63) is 42.0 Å². The Balaban J connectivity index is 1.59. The Hall–Kier alpha value is -3.09. The summed E-state index contributed by atoms with van der Waals surface area (Å²) in [5.74, 6) is 1.60. The van der Waals surface area contributed by atoms with Gasteiger partial charge in [-0.05, 0) is 37.5 Å². The lowest BCUT2D eigenvalue weighted by Gasteiger charge is -2.19. The van der Waals surface area contributed by atoms with E-state index >= 15 is 0 Å². The molecule has 7 heteroatoms. The summed E-state index contributed by atoms with van der Waals surface area (Å²) in [6.45, 7) is 1.94. The van der Waals surface area contributed by atoms with E-state index in [4.69, 9.17) is 9.47 Å². The largest absolute Gasteiger partial charge is 0.496 e. The van der Waals surface area contributed by atoms with Crippen molar-refractivity contribution in [3.63, 3.8) is 0 Å². The number of carbonyl (C=O) groups excluding carboxylic acids is 2. The number of imide groups is 1. The van der Waals surface area contributed by atoms with Crippen molar-refractivity contribution in [2.45, 2.75) is 38.1 Å². The molecule has 2 aliphatic rings. The first-order chi connectivity index (χ1) is 13.0. The standard InChI is InChI=1S/C20H21N3O4/c1-13-8-9-14(12-15(13)26-2)27-17-7-5-6-16(21-17)23-18(24)20(22-19(23)25)10-3-4-11-20/h5-9,12H,3-4,10-11H2,1-2H3,(H,22,25). The number of nitrogens with zero attached hydrogens (tertiary/aromatic N) is 2. The first-order valence-corrected chi connectivity index (χ1v) is 8.99. The number of pyridine rings is 1. The number of carbonyl (C=O) groups is 2. The van der Waals surface area contributed by atoms with E-state index in [0.29, 0.717) is 30.2 Å². The van der Waals surface area contributed by atoms with Crippen LogP contribution in [-0.2, 0) is 4.79 Å². The Morgan fingerprint density at radius 3 is 2.67 bits per heavy atom. The van der Waals surface area contributed by atoms with Gasteiger partial charge < -0.3 is 14.8 Å². The molecule has 0 radical (unpaired) electrons. The predicted molar refractivity (Wildman–Crippen MR) is 99.3 cm³/mol. The van der Waals surface area contributed by atoms with Gasteiger partial charge in [0.25, 0.3) is 5.91 Å². The third kappa shape index (κ3) is 2.99. The van der Waals surface area contributed by atoms with E-state index in [2.05, 4.69) is 10.3 Å². The molecular weight excluding hydrogens is 346 g/mol. The zero-order chi connectivity index (χ0) is 19.0. The number of nitrogens with one attached hydrogen (secondary N) is 1. The summed E-state index contributed by atoms with van der Waals surface area (Å²) in [6, 6.07) is 10.1. The topological polar surface area (TPSA) is 80.8 Å². The molecular formula is C20H21N3O4. The number of urea groups is 1. The number of anilines is 1. The summed E-state index contributed by atoms with van der Waals surface area (Å²) in [4.78, 5) is 30.8. The van der Waals surface area contributed by atoms with Crippen molar-refractivity contribution in [1.82, 2.24) is 10.3 Å². The second-order valence-corrected chi connectivity index (χ2v) is 6.93. The number of amides is 3.